The Morgan fingerprint density at radius 2 is 1.57 bits per heavy atom. The third-order valence-corrected chi connectivity index (χ3v) is 4.39. The Kier molecular flexibility index (Phi) is 4.28. The van der Waals surface area contributed by atoms with Gasteiger partial charge < -0.3 is 0 Å². The molecular formula is C20H24N. The maximum atomic E-state index is 4.94. The monoisotopic (exact) mass is 278 g/mol. The van der Waals surface area contributed by atoms with Gasteiger partial charge in [-0.2, -0.15) is 0 Å². The largest absolute Gasteiger partial charge is 0.247 e. The number of nitrogens with zero attached hydrogens (tertiary/aromatic N) is 1. The number of fused-ring (bicyclic) bond motifs is 3. The molecule has 1 heteroatoms. The zero-order chi connectivity index (χ0) is 14.7. The molecule has 1 heterocycles. The van der Waals surface area contributed by atoms with Crippen LogP contribution < -0.4 is 5.32 Å². The zero-order valence-corrected chi connectivity index (χ0v) is 13.2. The summed E-state index contributed by atoms with van der Waals surface area (Å²) < 4.78 is 0. The van der Waals surface area contributed by atoms with Crippen LogP contribution in [0.15, 0.2) is 36.4 Å². The van der Waals surface area contributed by atoms with E-state index in [1.54, 1.807) is 0 Å². The van der Waals surface area contributed by atoms with Crippen LogP contribution in [0.5, 0.6) is 0 Å². The molecule has 2 aromatic carbocycles. The minimum atomic E-state index is 1.14. The van der Waals surface area contributed by atoms with Crippen molar-refractivity contribution in [3.05, 3.63) is 47.5 Å². The summed E-state index contributed by atoms with van der Waals surface area (Å²) in [5.74, 6) is 0. The summed E-state index contributed by atoms with van der Waals surface area (Å²) in [4.78, 5) is 0. The van der Waals surface area contributed by atoms with Gasteiger partial charge in [0, 0.05) is 11.1 Å². The maximum absolute atomic E-state index is 4.94. The van der Waals surface area contributed by atoms with Crippen LogP contribution in [0.3, 0.4) is 0 Å². The van der Waals surface area contributed by atoms with Gasteiger partial charge in [0.25, 0.3) is 0 Å². The Balaban J connectivity index is 2.02. The minimum Gasteiger partial charge on any atom is -0.247 e. The smallest absolute Gasteiger partial charge is 0.0751 e. The summed E-state index contributed by atoms with van der Waals surface area (Å²) in [5, 5.41) is 4.94. The van der Waals surface area contributed by atoms with Gasteiger partial charge in [0.1, 0.15) is 0 Å². The van der Waals surface area contributed by atoms with Crippen molar-refractivity contribution in [1.29, 1.82) is 0 Å². The van der Waals surface area contributed by atoms with Crippen molar-refractivity contribution in [1.82, 2.24) is 5.32 Å². The van der Waals surface area contributed by atoms with Crippen LogP contribution in [0.1, 0.15) is 50.7 Å². The van der Waals surface area contributed by atoms with Crippen LogP contribution in [0.4, 0.5) is 11.4 Å². The van der Waals surface area contributed by atoms with Crippen LogP contribution in [0.25, 0.3) is 11.1 Å². The quantitative estimate of drug-likeness (QED) is 0.531. The molecule has 0 spiro atoms. The maximum Gasteiger partial charge on any atom is 0.0751 e. The second kappa shape index (κ2) is 6.34. The number of benzene rings is 2. The summed E-state index contributed by atoms with van der Waals surface area (Å²) >= 11 is 0. The number of rotatable bonds is 6. The molecule has 109 valence electrons. The summed E-state index contributed by atoms with van der Waals surface area (Å²) in [6, 6.07) is 13.1. The Labute approximate surface area is 128 Å². The lowest BCUT2D eigenvalue weighted by molar-refractivity contribution is 0.757. The highest BCUT2D eigenvalue weighted by atomic mass is 14.9. The fraction of sp³-hybridized carbons (Fsp3) is 0.400. The first-order valence-electron chi connectivity index (χ1n) is 8.31. The number of hydrogen-bond acceptors (Lipinski definition) is 0. The number of aryl methyl sites for hydroxylation is 1. The first-order valence-corrected chi connectivity index (χ1v) is 8.31. The molecule has 3 rings (SSSR count). The average molecular weight is 278 g/mol. The van der Waals surface area contributed by atoms with Gasteiger partial charge in [-0.1, -0.05) is 57.0 Å². The van der Waals surface area contributed by atoms with E-state index in [1.165, 1.54) is 60.0 Å². The minimum absolute atomic E-state index is 1.14. The summed E-state index contributed by atoms with van der Waals surface area (Å²) in [5.41, 5.74) is 8.03. The van der Waals surface area contributed by atoms with Crippen molar-refractivity contribution < 1.29 is 0 Å². The number of unbranched alkanes of at least 4 members (excludes halogenated alkanes) is 2. The molecule has 0 saturated carbocycles. The normalized spacial score (nSPS) is 11.9. The van der Waals surface area contributed by atoms with Gasteiger partial charge in [-0.25, -0.2) is 5.32 Å². The first kappa shape index (κ1) is 14.2. The molecule has 0 amide bonds. The van der Waals surface area contributed by atoms with Crippen LogP contribution in [0, 0.1) is 0 Å². The van der Waals surface area contributed by atoms with E-state index in [0.29, 0.717) is 0 Å². The standard InChI is InChI=1S/C20H24N/c1-3-5-9-15-13-14-18-17-11-7-8-12-19(17)21-20(18)16(15)10-6-4-2/h7-8,11-14H,3-6,9-10H2,1-2H3. The molecule has 0 bridgehead atoms. The van der Waals surface area contributed by atoms with Gasteiger partial charge >= 0.3 is 0 Å². The first-order chi connectivity index (χ1) is 10.3. The van der Waals surface area contributed by atoms with Crippen molar-refractivity contribution in [3.63, 3.8) is 0 Å². The molecule has 1 nitrogen and oxygen atoms in total. The molecule has 0 N–H and O–H groups in total. The summed E-state index contributed by atoms with van der Waals surface area (Å²) in [6.45, 7) is 4.53. The predicted molar refractivity (Wildman–Crippen MR) is 90.6 cm³/mol. The fourth-order valence-corrected chi connectivity index (χ4v) is 3.18. The lowest BCUT2D eigenvalue weighted by Gasteiger charge is -2.13. The Morgan fingerprint density at radius 1 is 0.810 bits per heavy atom. The molecule has 1 aliphatic heterocycles. The van der Waals surface area contributed by atoms with E-state index >= 15 is 0 Å². The molecule has 0 aliphatic carbocycles. The van der Waals surface area contributed by atoms with Crippen LogP contribution in [-0.4, -0.2) is 0 Å². The second-order valence-electron chi connectivity index (χ2n) is 5.94. The lowest BCUT2D eigenvalue weighted by atomic mass is 9.93. The average Bonchev–Trinajstić information content (AvgIpc) is 2.90. The van der Waals surface area contributed by atoms with Crippen molar-refractivity contribution in [2.24, 2.45) is 0 Å². The van der Waals surface area contributed by atoms with Crippen molar-refractivity contribution in [3.8, 4) is 11.1 Å². The van der Waals surface area contributed by atoms with Gasteiger partial charge in [0.05, 0.1) is 11.4 Å². The van der Waals surface area contributed by atoms with E-state index in [4.69, 9.17) is 5.32 Å². The van der Waals surface area contributed by atoms with E-state index in [1.807, 2.05) is 0 Å². The van der Waals surface area contributed by atoms with Gasteiger partial charge in [-0.3, -0.25) is 0 Å². The third kappa shape index (κ3) is 2.70. The Hall–Kier alpha value is -1.76. The molecule has 21 heavy (non-hydrogen) atoms. The summed E-state index contributed by atoms with van der Waals surface area (Å²) in [7, 11) is 0. The van der Waals surface area contributed by atoms with Crippen molar-refractivity contribution in [2.75, 3.05) is 0 Å². The van der Waals surface area contributed by atoms with E-state index in [9.17, 15) is 0 Å². The second-order valence-corrected chi connectivity index (χ2v) is 5.94. The van der Waals surface area contributed by atoms with Crippen molar-refractivity contribution in [2.45, 2.75) is 52.4 Å². The molecule has 0 unspecified atom stereocenters. The van der Waals surface area contributed by atoms with Gasteiger partial charge in [0.15, 0.2) is 0 Å². The molecular weight excluding hydrogens is 254 g/mol. The SMILES string of the molecule is CCCCc1ccc2c(c1CCCC)[N]c1ccccc1-2. The van der Waals surface area contributed by atoms with Gasteiger partial charge in [-0.05, 0) is 42.9 Å². The molecule has 1 radical (unpaired) electrons. The Bertz CT molecular complexity index is 628. The van der Waals surface area contributed by atoms with Gasteiger partial charge in [0.2, 0.25) is 0 Å². The predicted octanol–water partition coefficient (Wildman–Crippen LogP) is 5.92. The van der Waals surface area contributed by atoms with E-state index in [-0.39, 0.29) is 0 Å². The van der Waals surface area contributed by atoms with E-state index < -0.39 is 0 Å². The summed E-state index contributed by atoms with van der Waals surface area (Å²) in [6.07, 6.45) is 7.36. The van der Waals surface area contributed by atoms with Crippen LogP contribution in [0.2, 0.25) is 0 Å². The number of para-hydroxylation sites is 1. The highest BCUT2D eigenvalue weighted by Crippen LogP contribution is 2.45. The van der Waals surface area contributed by atoms with Crippen LogP contribution >= 0.6 is 0 Å². The lowest BCUT2D eigenvalue weighted by Crippen LogP contribution is -1.99. The molecule has 0 saturated heterocycles. The number of hydrogen-bond donors (Lipinski definition) is 0. The van der Waals surface area contributed by atoms with E-state index in [0.717, 1.165) is 12.1 Å². The fourth-order valence-electron chi connectivity index (χ4n) is 3.18. The van der Waals surface area contributed by atoms with Crippen molar-refractivity contribution >= 4 is 11.4 Å². The third-order valence-electron chi connectivity index (χ3n) is 4.39. The van der Waals surface area contributed by atoms with Crippen LogP contribution in [-0.2, 0) is 12.8 Å². The van der Waals surface area contributed by atoms with E-state index in [2.05, 4.69) is 50.2 Å². The van der Waals surface area contributed by atoms with Gasteiger partial charge in [-0.15, -0.1) is 0 Å². The zero-order valence-electron chi connectivity index (χ0n) is 13.2. The highest BCUT2D eigenvalue weighted by Gasteiger charge is 2.23. The highest BCUT2D eigenvalue weighted by molar-refractivity contribution is 5.92. The molecule has 1 aliphatic rings. The molecule has 0 aromatic heterocycles. The topological polar surface area (TPSA) is 14.1 Å². The molecule has 0 fully saturated rings. The molecule has 0 atom stereocenters. The Morgan fingerprint density at radius 3 is 2.38 bits per heavy atom. The molecule has 2 aromatic rings.